The van der Waals surface area contributed by atoms with Gasteiger partial charge in [-0.2, -0.15) is 0 Å². The number of para-hydroxylation sites is 1. The molecular formula is C27H34FN3O2. The van der Waals surface area contributed by atoms with Crippen molar-refractivity contribution in [1.29, 1.82) is 0 Å². The Bertz CT molecular complexity index is 974. The molecule has 0 aliphatic carbocycles. The molecule has 1 fully saturated rings. The van der Waals surface area contributed by atoms with Gasteiger partial charge in [-0.25, -0.2) is 9.18 Å². The number of rotatable bonds is 9. The maximum atomic E-state index is 13.2. The van der Waals surface area contributed by atoms with Crippen molar-refractivity contribution in [3.63, 3.8) is 0 Å². The van der Waals surface area contributed by atoms with Crippen LogP contribution >= 0.6 is 0 Å². The number of ether oxygens (including phenoxy) is 1. The van der Waals surface area contributed by atoms with Crippen molar-refractivity contribution < 1.29 is 13.9 Å². The summed E-state index contributed by atoms with van der Waals surface area (Å²) >= 11 is 0. The second-order valence-electron chi connectivity index (χ2n) is 9.05. The van der Waals surface area contributed by atoms with Crippen LogP contribution in [0.25, 0.3) is 5.57 Å². The van der Waals surface area contributed by atoms with Gasteiger partial charge in [0.05, 0.1) is 6.10 Å². The molecule has 5 nitrogen and oxygen atoms in total. The summed E-state index contributed by atoms with van der Waals surface area (Å²) in [5.41, 5.74) is 3.34. The van der Waals surface area contributed by atoms with Gasteiger partial charge in [0, 0.05) is 44.0 Å². The van der Waals surface area contributed by atoms with Gasteiger partial charge in [0.1, 0.15) is 11.6 Å². The highest BCUT2D eigenvalue weighted by Crippen LogP contribution is 2.31. The smallest absolute Gasteiger partial charge is 0.324 e. The summed E-state index contributed by atoms with van der Waals surface area (Å²) in [7, 11) is 0. The minimum Gasteiger partial charge on any atom is -0.490 e. The van der Waals surface area contributed by atoms with Crippen molar-refractivity contribution in [2.24, 2.45) is 0 Å². The summed E-state index contributed by atoms with van der Waals surface area (Å²) in [5.74, 6) is 0.687. The third-order valence-corrected chi connectivity index (χ3v) is 6.27. The second-order valence-corrected chi connectivity index (χ2v) is 9.05. The number of unbranched alkanes of at least 4 members (excludes halogenated alkanes) is 1. The minimum atomic E-state index is -0.282. The van der Waals surface area contributed by atoms with Crippen LogP contribution in [0.1, 0.15) is 38.7 Å². The van der Waals surface area contributed by atoms with Crippen LogP contribution in [0.3, 0.4) is 0 Å². The predicted octanol–water partition coefficient (Wildman–Crippen LogP) is 5.42. The first kappa shape index (κ1) is 23.3. The van der Waals surface area contributed by atoms with Crippen LogP contribution in [0, 0.1) is 5.82 Å². The molecule has 2 aliphatic heterocycles. The number of carbonyl (C=O) groups is 1. The van der Waals surface area contributed by atoms with E-state index in [0.717, 1.165) is 63.4 Å². The highest BCUT2D eigenvalue weighted by Gasteiger charge is 2.29. The van der Waals surface area contributed by atoms with Crippen LogP contribution in [0.15, 0.2) is 54.6 Å². The van der Waals surface area contributed by atoms with E-state index in [2.05, 4.69) is 43.0 Å². The van der Waals surface area contributed by atoms with E-state index >= 15 is 0 Å². The first-order chi connectivity index (χ1) is 16.0. The summed E-state index contributed by atoms with van der Waals surface area (Å²) in [5, 5.41) is 0. The Morgan fingerprint density at radius 3 is 2.45 bits per heavy atom. The lowest BCUT2D eigenvalue weighted by atomic mass is 9.98. The molecule has 0 aromatic heterocycles. The van der Waals surface area contributed by atoms with E-state index in [9.17, 15) is 9.18 Å². The number of amides is 2. The van der Waals surface area contributed by atoms with Gasteiger partial charge in [-0.15, -0.1) is 0 Å². The van der Waals surface area contributed by atoms with Crippen molar-refractivity contribution in [1.82, 2.24) is 9.80 Å². The van der Waals surface area contributed by atoms with E-state index in [1.165, 1.54) is 23.3 Å². The van der Waals surface area contributed by atoms with Crippen LogP contribution in [-0.2, 0) is 0 Å². The topological polar surface area (TPSA) is 36.0 Å². The highest BCUT2D eigenvalue weighted by atomic mass is 19.1. The molecule has 2 aliphatic rings. The van der Waals surface area contributed by atoms with Crippen molar-refractivity contribution in [3.8, 4) is 5.75 Å². The van der Waals surface area contributed by atoms with E-state index in [1.807, 2.05) is 11.0 Å². The molecule has 0 unspecified atom stereocenters. The average molecular weight is 452 g/mol. The largest absolute Gasteiger partial charge is 0.490 e. The Labute approximate surface area is 196 Å². The van der Waals surface area contributed by atoms with E-state index in [0.29, 0.717) is 6.54 Å². The number of nitrogens with zero attached hydrogens (tertiary/aromatic N) is 3. The fraction of sp³-hybridized carbons (Fsp3) is 0.444. The first-order valence-electron chi connectivity index (χ1n) is 12.0. The Hall–Kier alpha value is -2.86. The number of halogens is 1. The average Bonchev–Trinajstić information content (AvgIpc) is 3.18. The predicted molar refractivity (Wildman–Crippen MR) is 131 cm³/mol. The number of carbonyl (C=O) groups excluding carboxylic acids is 1. The zero-order valence-corrected chi connectivity index (χ0v) is 19.7. The van der Waals surface area contributed by atoms with E-state index in [1.54, 1.807) is 17.0 Å². The van der Waals surface area contributed by atoms with Crippen LogP contribution in [-0.4, -0.2) is 61.2 Å². The van der Waals surface area contributed by atoms with Crippen LogP contribution in [0.4, 0.5) is 14.9 Å². The Kier molecular flexibility index (Phi) is 7.65. The normalized spacial score (nSPS) is 17.1. The van der Waals surface area contributed by atoms with Crippen molar-refractivity contribution in [2.45, 2.75) is 39.2 Å². The van der Waals surface area contributed by atoms with E-state index < -0.39 is 0 Å². The highest BCUT2D eigenvalue weighted by molar-refractivity contribution is 5.94. The van der Waals surface area contributed by atoms with Gasteiger partial charge in [-0.1, -0.05) is 24.3 Å². The third-order valence-electron chi connectivity index (χ3n) is 6.27. The standard InChI is InChI=1S/C27H34FN3O2/c1-21(2)33-26-8-4-3-7-25(26)22-13-17-29(18-14-22)15-5-6-16-30-19-20-31(27(30)32)24-11-9-23(28)10-12-24/h3-4,7-13,21H,5-6,14-20H2,1-2H3. The SMILES string of the molecule is CC(C)Oc1ccccc1C1=CCN(CCCCN2CCN(c3ccc(F)cc3)C2=O)CC1. The summed E-state index contributed by atoms with van der Waals surface area (Å²) in [6.07, 6.45) is 5.57. The van der Waals surface area contributed by atoms with Gasteiger partial charge in [0.15, 0.2) is 0 Å². The van der Waals surface area contributed by atoms with Crippen LogP contribution in [0.2, 0.25) is 0 Å². The lowest BCUT2D eigenvalue weighted by Crippen LogP contribution is -2.33. The second kappa shape index (κ2) is 10.8. The van der Waals surface area contributed by atoms with Gasteiger partial charge >= 0.3 is 6.03 Å². The summed E-state index contributed by atoms with van der Waals surface area (Å²) < 4.78 is 19.1. The molecule has 2 heterocycles. The van der Waals surface area contributed by atoms with Gasteiger partial charge in [0.25, 0.3) is 0 Å². The van der Waals surface area contributed by atoms with Crippen LogP contribution in [0.5, 0.6) is 5.75 Å². The van der Waals surface area contributed by atoms with Gasteiger partial charge in [0.2, 0.25) is 0 Å². The lowest BCUT2D eigenvalue weighted by Gasteiger charge is -2.27. The third kappa shape index (κ3) is 5.93. The first-order valence-corrected chi connectivity index (χ1v) is 12.0. The summed E-state index contributed by atoms with van der Waals surface area (Å²) in [6, 6.07) is 14.5. The molecule has 33 heavy (non-hydrogen) atoms. The monoisotopic (exact) mass is 451 g/mol. The molecule has 0 N–H and O–H groups in total. The molecule has 0 bridgehead atoms. The summed E-state index contributed by atoms with van der Waals surface area (Å²) in [6.45, 7) is 9.31. The van der Waals surface area contributed by atoms with E-state index in [4.69, 9.17) is 4.74 Å². The Morgan fingerprint density at radius 1 is 0.970 bits per heavy atom. The maximum absolute atomic E-state index is 13.2. The fourth-order valence-corrected chi connectivity index (χ4v) is 4.54. The number of hydrogen-bond acceptors (Lipinski definition) is 3. The van der Waals surface area contributed by atoms with Gasteiger partial charge in [-0.3, -0.25) is 9.80 Å². The molecule has 0 radical (unpaired) electrons. The molecule has 6 heteroatoms. The molecule has 0 atom stereocenters. The zero-order chi connectivity index (χ0) is 23.2. The van der Waals surface area contributed by atoms with E-state index in [-0.39, 0.29) is 18.0 Å². The molecule has 1 saturated heterocycles. The molecule has 0 saturated carbocycles. The van der Waals surface area contributed by atoms with Gasteiger partial charge < -0.3 is 9.64 Å². The number of urea groups is 1. The Morgan fingerprint density at radius 2 is 1.73 bits per heavy atom. The van der Waals surface area contributed by atoms with Gasteiger partial charge in [-0.05, 0) is 75.6 Å². The Balaban J connectivity index is 1.21. The summed E-state index contributed by atoms with van der Waals surface area (Å²) in [4.78, 5) is 18.8. The minimum absolute atomic E-state index is 0.0226. The zero-order valence-electron chi connectivity index (χ0n) is 19.7. The number of hydrogen-bond donors (Lipinski definition) is 0. The van der Waals surface area contributed by atoms with Crippen LogP contribution < -0.4 is 9.64 Å². The molecular weight excluding hydrogens is 417 g/mol. The number of benzene rings is 2. The quantitative estimate of drug-likeness (QED) is 0.478. The molecule has 2 aromatic carbocycles. The fourth-order valence-electron chi connectivity index (χ4n) is 4.54. The molecule has 2 aromatic rings. The molecule has 2 amide bonds. The van der Waals surface area contributed by atoms with Crippen molar-refractivity contribution in [2.75, 3.05) is 44.2 Å². The molecule has 0 spiro atoms. The maximum Gasteiger partial charge on any atom is 0.324 e. The molecule has 4 rings (SSSR count). The lowest BCUT2D eigenvalue weighted by molar-refractivity contribution is 0.218. The van der Waals surface area contributed by atoms with Crippen molar-refractivity contribution >= 4 is 17.3 Å². The number of anilines is 1. The van der Waals surface area contributed by atoms with Crippen molar-refractivity contribution in [3.05, 3.63) is 66.0 Å². The molecule has 176 valence electrons.